The molecule has 3 aliphatic heterocycles. The molecule has 5 rings (SSSR count). The van der Waals surface area contributed by atoms with Crippen molar-refractivity contribution in [2.45, 2.75) is 71.3 Å². The molecule has 3 heterocycles. The van der Waals surface area contributed by atoms with E-state index in [2.05, 4.69) is 66.8 Å². The van der Waals surface area contributed by atoms with E-state index in [1.54, 1.807) is 4.90 Å². The van der Waals surface area contributed by atoms with Gasteiger partial charge in [-0.1, -0.05) is 58.0 Å². The smallest absolute Gasteiger partial charge is 0.358 e. The molecule has 11 nitrogen and oxygen atoms in total. The van der Waals surface area contributed by atoms with Gasteiger partial charge in [-0.25, -0.2) is 4.79 Å². The summed E-state index contributed by atoms with van der Waals surface area (Å²) in [5, 5.41) is 2.12. The van der Waals surface area contributed by atoms with E-state index in [1.807, 2.05) is 19.1 Å². The van der Waals surface area contributed by atoms with E-state index >= 15 is 0 Å². The summed E-state index contributed by atoms with van der Waals surface area (Å²) in [4.78, 5) is 47.0. The third kappa shape index (κ3) is 7.92. The fraction of sp³-hybridized carbons (Fsp3) is 0.571. The van der Waals surface area contributed by atoms with Crippen molar-refractivity contribution in [3.8, 4) is 5.75 Å². The number of hydrogen-bond acceptors (Lipinski definition) is 9. The maximum Gasteiger partial charge on any atom is 0.358 e. The van der Waals surface area contributed by atoms with Crippen LogP contribution in [-0.2, 0) is 29.8 Å². The quantitative estimate of drug-likeness (QED) is 0.144. The summed E-state index contributed by atoms with van der Waals surface area (Å²) in [6.07, 6.45) is 0.631. The molecule has 2 fully saturated rings. The van der Waals surface area contributed by atoms with Crippen molar-refractivity contribution in [2.75, 3.05) is 45.9 Å². The predicted molar refractivity (Wildman–Crippen MR) is 197 cm³/mol. The number of nitrogens with two attached hydrogens (primary N) is 1. The number of carbonyl (C=O) groups excluding carboxylic acids is 3. The number of amides is 2. The Balaban J connectivity index is 1.32. The van der Waals surface area contributed by atoms with Crippen LogP contribution >= 0.6 is 8.96 Å². The lowest BCUT2D eigenvalue weighted by molar-refractivity contribution is -0.161. The van der Waals surface area contributed by atoms with Crippen molar-refractivity contribution in [2.24, 2.45) is 17.6 Å². The second kappa shape index (κ2) is 16.5. The van der Waals surface area contributed by atoms with Crippen LogP contribution in [0.15, 0.2) is 47.7 Å². The van der Waals surface area contributed by atoms with Crippen molar-refractivity contribution >= 4 is 53.8 Å². The summed E-state index contributed by atoms with van der Waals surface area (Å²) < 4.78 is 18.7. The van der Waals surface area contributed by atoms with E-state index in [9.17, 15) is 14.4 Å². The molecule has 2 aromatic carbocycles. The zero-order chi connectivity index (χ0) is 35.3. The van der Waals surface area contributed by atoms with Gasteiger partial charge >= 0.3 is 5.97 Å². The number of nitrogens with zero attached hydrogens (tertiary/aromatic N) is 3. The predicted octanol–water partition coefficient (Wildman–Crippen LogP) is 3.73. The van der Waals surface area contributed by atoms with Crippen LogP contribution in [0.4, 0.5) is 0 Å². The Kier molecular flexibility index (Phi) is 12.6. The average Bonchev–Trinajstić information content (AvgIpc) is 3.35. The van der Waals surface area contributed by atoms with Crippen LogP contribution in [0.1, 0.15) is 40.2 Å². The number of ether oxygens (including phenoxy) is 1. The average molecular weight is 708 g/mol. The van der Waals surface area contributed by atoms with Crippen molar-refractivity contribution in [3.63, 3.8) is 0 Å². The molecule has 2 saturated heterocycles. The van der Waals surface area contributed by atoms with Gasteiger partial charge in [0.15, 0.2) is 16.3 Å². The Morgan fingerprint density at radius 1 is 1.04 bits per heavy atom. The van der Waals surface area contributed by atoms with Crippen molar-refractivity contribution in [3.05, 3.63) is 53.2 Å². The summed E-state index contributed by atoms with van der Waals surface area (Å²) in [5.41, 5.74) is 7.61. The van der Waals surface area contributed by atoms with Crippen LogP contribution in [0, 0.1) is 11.8 Å². The lowest BCUT2D eigenvalue weighted by Gasteiger charge is -2.49. The molecule has 49 heavy (non-hydrogen) atoms. The van der Waals surface area contributed by atoms with Crippen LogP contribution in [0.2, 0.25) is 18.1 Å². The Bertz CT molecular complexity index is 1540. The van der Waals surface area contributed by atoms with Gasteiger partial charge in [-0.05, 0) is 48.5 Å². The molecule has 0 spiro atoms. The van der Waals surface area contributed by atoms with E-state index in [4.69, 9.17) is 27.4 Å². The summed E-state index contributed by atoms with van der Waals surface area (Å²) in [5.74, 6) is -0.721. The minimum absolute atomic E-state index is 0.106. The third-order valence-electron chi connectivity index (χ3n) is 11.0. The molecule has 0 bridgehead atoms. The number of nitrogens with one attached hydrogen (secondary N) is 1. The number of rotatable bonds is 17. The molecule has 3 N–H and O–H groups in total. The normalized spacial score (nSPS) is 22.5. The maximum absolute atomic E-state index is 13.8. The van der Waals surface area contributed by atoms with Crippen LogP contribution < -0.4 is 15.5 Å². The zero-order valence-electron chi connectivity index (χ0n) is 29.5. The zero-order valence-corrected chi connectivity index (χ0v) is 31.5. The van der Waals surface area contributed by atoms with E-state index in [-0.39, 0.29) is 48.1 Å². The summed E-state index contributed by atoms with van der Waals surface area (Å²) in [6, 6.07) is 15.1. The van der Waals surface area contributed by atoms with Gasteiger partial charge in [0.05, 0.1) is 24.6 Å². The summed E-state index contributed by atoms with van der Waals surface area (Å²) >= 11 is 0. The van der Waals surface area contributed by atoms with E-state index < -0.39 is 23.2 Å². The van der Waals surface area contributed by atoms with Gasteiger partial charge in [0.1, 0.15) is 27.0 Å². The first-order chi connectivity index (χ1) is 23.6. The van der Waals surface area contributed by atoms with Gasteiger partial charge in [0.25, 0.3) is 0 Å². The minimum atomic E-state index is -1.95. The number of carbonyl (C=O) groups is 3. The molecule has 0 aliphatic carbocycles. The maximum atomic E-state index is 13.8. The number of benzene rings is 2. The molecule has 1 unspecified atom stereocenters. The van der Waals surface area contributed by atoms with Crippen molar-refractivity contribution in [1.29, 1.82) is 0 Å². The molecular weight excluding hydrogens is 656 g/mol. The van der Waals surface area contributed by atoms with E-state index in [0.717, 1.165) is 79.4 Å². The van der Waals surface area contributed by atoms with Crippen LogP contribution in [0.25, 0.3) is 10.8 Å². The minimum Gasteiger partial charge on any atom is -0.488 e. The molecular formula is C35H51BN5O6PSi. The molecule has 2 aromatic rings. The second-order valence-corrected chi connectivity index (χ2v) is 18.9. The van der Waals surface area contributed by atoms with Gasteiger partial charge in [-0.2, -0.15) is 0 Å². The highest BCUT2D eigenvalue weighted by Gasteiger charge is 2.61. The Labute approximate surface area is 294 Å². The summed E-state index contributed by atoms with van der Waals surface area (Å²) in [7, 11) is 3.03. The Morgan fingerprint density at radius 2 is 1.69 bits per heavy atom. The molecule has 2 radical (unpaired) electrons. The highest BCUT2D eigenvalue weighted by atomic mass is 31.1. The monoisotopic (exact) mass is 707 g/mol. The topological polar surface area (TPSA) is 127 Å². The number of piperazine rings is 1. The molecule has 264 valence electrons. The van der Waals surface area contributed by atoms with Gasteiger partial charge in [-0.3, -0.25) is 14.5 Å². The molecule has 5 atom stereocenters. The Hall–Kier alpha value is -2.80. The number of primary amides is 1. The SMILES string of the molecule is [B]NPOC(=O)C1=C(COc2cccc3c(CCN4CCN(CC(N)=O)CC4)cccc23)[C@H](C)[C@@H]2[C@@H]([C@@H](C)O[Si](CC)(CC)CC)C(=O)N12. The number of β-lactam (4-membered cyclic amide) rings is 1. The third-order valence-corrected chi connectivity index (χ3v) is 16.1. The number of hydrogen-bond donors (Lipinski definition) is 2. The first-order valence-corrected chi connectivity index (χ1v) is 21.0. The fourth-order valence-electron chi connectivity index (χ4n) is 7.92. The summed E-state index contributed by atoms with van der Waals surface area (Å²) in [6.45, 7) is 15.5. The molecule has 3 aliphatic rings. The molecule has 2 amide bonds. The van der Waals surface area contributed by atoms with Crippen LogP contribution in [0.5, 0.6) is 5.75 Å². The molecule has 0 saturated carbocycles. The second-order valence-electron chi connectivity index (χ2n) is 13.5. The Morgan fingerprint density at radius 3 is 2.35 bits per heavy atom. The largest absolute Gasteiger partial charge is 0.488 e. The molecule has 0 aromatic heterocycles. The van der Waals surface area contributed by atoms with Crippen molar-refractivity contribution in [1.82, 2.24) is 19.7 Å². The lowest BCUT2D eigenvalue weighted by Crippen LogP contribution is -2.65. The fourth-order valence-corrected chi connectivity index (χ4v) is 11.1. The van der Waals surface area contributed by atoms with Crippen LogP contribution in [-0.4, -0.2) is 107 Å². The highest BCUT2D eigenvalue weighted by molar-refractivity contribution is 7.32. The van der Waals surface area contributed by atoms with Gasteiger partial charge in [0.2, 0.25) is 11.8 Å². The van der Waals surface area contributed by atoms with Gasteiger partial charge in [0, 0.05) is 49.6 Å². The van der Waals surface area contributed by atoms with Crippen molar-refractivity contribution < 1.29 is 28.1 Å². The standard InChI is InChI=1S/C35H51BN5O6PSi/c1-6-49(7-2,8-3)47-24(5)31-32-23(4)28(33(41(32)34(31)43)35(44)46-48-38-36)22-45-29-14-10-12-26-25(11-9-13-27(26)29)15-16-39-17-19-40(20-18-39)21-30(37)42/h9-14,23-24,31-32,38,48H,6-8,15-22H2,1-5H3,(H2,37,42)/t23-,24+,31+,32+/m0/s1. The van der Waals surface area contributed by atoms with Crippen LogP contribution in [0.3, 0.4) is 0 Å². The first-order valence-electron chi connectivity index (χ1n) is 17.6. The first kappa shape index (κ1) is 37.5. The van der Waals surface area contributed by atoms with E-state index in [1.165, 1.54) is 5.56 Å². The number of fused-ring (bicyclic) bond motifs is 2. The van der Waals surface area contributed by atoms with Gasteiger partial charge < -0.3 is 34.2 Å². The lowest BCUT2D eigenvalue weighted by atomic mass is 9.78. The van der Waals surface area contributed by atoms with Gasteiger partial charge in [-0.15, -0.1) is 0 Å². The highest BCUT2D eigenvalue weighted by Crippen LogP contribution is 2.49. The molecule has 14 heteroatoms. The van der Waals surface area contributed by atoms with E-state index in [0.29, 0.717) is 6.54 Å².